The molecule has 1 saturated heterocycles. The van der Waals surface area contributed by atoms with Gasteiger partial charge in [0.15, 0.2) is 0 Å². The van der Waals surface area contributed by atoms with Crippen LogP contribution >= 0.6 is 12.2 Å². The van der Waals surface area contributed by atoms with Crippen molar-refractivity contribution in [2.24, 2.45) is 0 Å². The van der Waals surface area contributed by atoms with E-state index in [9.17, 15) is 0 Å². The fraction of sp³-hybridized carbons (Fsp3) is 0.269. The molecule has 4 heteroatoms. The van der Waals surface area contributed by atoms with Crippen LogP contribution in [0, 0.1) is 0 Å². The molecule has 3 aromatic rings. The van der Waals surface area contributed by atoms with Crippen molar-refractivity contribution in [3.63, 3.8) is 0 Å². The second-order valence-electron chi connectivity index (χ2n) is 7.51. The molecule has 1 heterocycles. The van der Waals surface area contributed by atoms with Crippen LogP contribution in [0.5, 0.6) is 5.75 Å². The molecule has 1 aliphatic heterocycles. The molecule has 30 heavy (non-hydrogen) atoms. The molecular weight excluding hydrogens is 388 g/mol. The molecule has 3 aromatic carbocycles. The van der Waals surface area contributed by atoms with Crippen LogP contribution in [-0.4, -0.2) is 47.6 Å². The number of nitrogens with zero attached hydrogens (tertiary/aromatic N) is 2. The molecule has 0 amide bonds. The number of ether oxygens (including phenoxy) is 1. The van der Waals surface area contributed by atoms with Crippen molar-refractivity contribution in [3.05, 3.63) is 102 Å². The lowest BCUT2D eigenvalue weighted by Gasteiger charge is -2.40. The van der Waals surface area contributed by atoms with Crippen molar-refractivity contribution in [1.29, 1.82) is 0 Å². The predicted molar refractivity (Wildman–Crippen MR) is 127 cm³/mol. The van der Waals surface area contributed by atoms with Gasteiger partial charge in [0, 0.05) is 31.7 Å². The number of rotatable bonds is 6. The average molecular weight is 417 g/mol. The largest absolute Gasteiger partial charge is 0.494 e. The highest BCUT2D eigenvalue weighted by Crippen LogP contribution is 2.29. The summed E-state index contributed by atoms with van der Waals surface area (Å²) in [5, 5.41) is 0. The summed E-state index contributed by atoms with van der Waals surface area (Å²) in [5.74, 6) is 0.891. The zero-order valence-corrected chi connectivity index (χ0v) is 18.2. The van der Waals surface area contributed by atoms with E-state index in [0.717, 1.165) is 42.5 Å². The van der Waals surface area contributed by atoms with E-state index in [4.69, 9.17) is 17.0 Å². The van der Waals surface area contributed by atoms with Crippen LogP contribution < -0.4 is 4.74 Å². The van der Waals surface area contributed by atoms with Crippen LogP contribution in [0.3, 0.4) is 0 Å². The summed E-state index contributed by atoms with van der Waals surface area (Å²) in [6, 6.07) is 30.0. The SMILES string of the molecule is CCOc1ccc(C(=S)N2CCN(C(c3ccccc3)c3ccccc3)CC2)cc1. The van der Waals surface area contributed by atoms with Crippen LogP contribution in [0.25, 0.3) is 0 Å². The first kappa shape index (κ1) is 20.6. The Morgan fingerprint density at radius 3 is 1.83 bits per heavy atom. The zero-order valence-electron chi connectivity index (χ0n) is 17.4. The highest BCUT2D eigenvalue weighted by atomic mass is 32.1. The number of hydrogen-bond donors (Lipinski definition) is 0. The molecule has 1 fully saturated rings. The maximum Gasteiger partial charge on any atom is 0.119 e. The van der Waals surface area contributed by atoms with E-state index in [2.05, 4.69) is 82.6 Å². The Balaban J connectivity index is 1.46. The molecule has 4 rings (SSSR count). The number of piperazine rings is 1. The maximum atomic E-state index is 5.81. The third-order valence-corrected chi connectivity index (χ3v) is 6.10. The molecule has 1 aliphatic rings. The first-order valence-corrected chi connectivity index (χ1v) is 11.0. The van der Waals surface area contributed by atoms with Gasteiger partial charge in [0.25, 0.3) is 0 Å². The molecule has 0 unspecified atom stereocenters. The standard InChI is InChI=1S/C26H28N2OS/c1-2-29-24-15-13-23(14-16-24)26(30)28-19-17-27(18-20-28)25(21-9-5-3-6-10-21)22-11-7-4-8-12-22/h3-16,25H,2,17-20H2,1H3. The summed E-state index contributed by atoms with van der Waals surface area (Å²) >= 11 is 5.81. The fourth-order valence-electron chi connectivity index (χ4n) is 4.11. The monoisotopic (exact) mass is 416 g/mol. The van der Waals surface area contributed by atoms with E-state index in [1.165, 1.54) is 11.1 Å². The van der Waals surface area contributed by atoms with E-state index in [1.54, 1.807) is 0 Å². The predicted octanol–water partition coefficient (Wildman–Crippen LogP) is 5.17. The molecule has 0 aliphatic carbocycles. The first-order chi connectivity index (χ1) is 14.8. The van der Waals surface area contributed by atoms with E-state index in [-0.39, 0.29) is 6.04 Å². The lowest BCUT2D eigenvalue weighted by atomic mass is 9.96. The highest BCUT2D eigenvalue weighted by molar-refractivity contribution is 7.80. The highest BCUT2D eigenvalue weighted by Gasteiger charge is 2.27. The average Bonchev–Trinajstić information content (AvgIpc) is 2.81. The van der Waals surface area contributed by atoms with Crippen molar-refractivity contribution >= 4 is 17.2 Å². The van der Waals surface area contributed by atoms with Gasteiger partial charge in [-0.1, -0.05) is 72.9 Å². The minimum atomic E-state index is 0.272. The summed E-state index contributed by atoms with van der Waals surface area (Å²) in [6.45, 7) is 6.49. The van der Waals surface area contributed by atoms with Gasteiger partial charge in [-0.15, -0.1) is 0 Å². The van der Waals surface area contributed by atoms with E-state index >= 15 is 0 Å². The third kappa shape index (κ3) is 4.72. The Labute approximate surface area is 184 Å². The smallest absolute Gasteiger partial charge is 0.119 e. The van der Waals surface area contributed by atoms with Gasteiger partial charge in [-0.25, -0.2) is 0 Å². The van der Waals surface area contributed by atoms with E-state index in [1.807, 2.05) is 19.1 Å². The molecule has 0 radical (unpaired) electrons. The summed E-state index contributed by atoms with van der Waals surface area (Å²) < 4.78 is 5.55. The number of hydrogen-bond acceptors (Lipinski definition) is 3. The topological polar surface area (TPSA) is 15.7 Å². The molecule has 0 saturated carbocycles. The normalized spacial score (nSPS) is 14.7. The van der Waals surface area contributed by atoms with Gasteiger partial charge < -0.3 is 9.64 Å². The lowest BCUT2D eigenvalue weighted by molar-refractivity contribution is 0.152. The Bertz CT molecular complexity index is 896. The Hall–Kier alpha value is -2.69. The molecule has 154 valence electrons. The van der Waals surface area contributed by atoms with Gasteiger partial charge >= 0.3 is 0 Å². The van der Waals surface area contributed by atoms with Gasteiger partial charge in [0.05, 0.1) is 12.6 Å². The van der Waals surface area contributed by atoms with Crippen LogP contribution in [-0.2, 0) is 0 Å². The van der Waals surface area contributed by atoms with Crippen molar-refractivity contribution < 1.29 is 4.74 Å². The first-order valence-electron chi connectivity index (χ1n) is 10.6. The summed E-state index contributed by atoms with van der Waals surface area (Å²) in [7, 11) is 0. The molecule has 0 bridgehead atoms. The molecule has 3 nitrogen and oxygen atoms in total. The molecule has 0 spiro atoms. The zero-order chi connectivity index (χ0) is 20.8. The second-order valence-corrected chi connectivity index (χ2v) is 7.90. The summed E-state index contributed by atoms with van der Waals surface area (Å²) in [5.41, 5.74) is 3.77. The maximum absolute atomic E-state index is 5.81. The number of thiocarbonyl (C=S) groups is 1. The van der Waals surface area contributed by atoms with Crippen LogP contribution in [0.4, 0.5) is 0 Å². The van der Waals surface area contributed by atoms with Gasteiger partial charge in [0.2, 0.25) is 0 Å². The summed E-state index contributed by atoms with van der Waals surface area (Å²) in [6.07, 6.45) is 0. The van der Waals surface area contributed by atoms with E-state index in [0.29, 0.717) is 6.61 Å². The van der Waals surface area contributed by atoms with Gasteiger partial charge in [-0.3, -0.25) is 4.90 Å². The number of benzene rings is 3. The Morgan fingerprint density at radius 1 is 0.800 bits per heavy atom. The molecule has 0 N–H and O–H groups in total. The fourth-order valence-corrected chi connectivity index (χ4v) is 4.43. The van der Waals surface area contributed by atoms with Crippen LogP contribution in [0.15, 0.2) is 84.9 Å². The molecular formula is C26H28N2OS. The van der Waals surface area contributed by atoms with Gasteiger partial charge in [-0.05, 0) is 42.3 Å². The minimum absolute atomic E-state index is 0.272. The molecule has 0 aromatic heterocycles. The van der Waals surface area contributed by atoms with Crippen molar-refractivity contribution in [2.75, 3.05) is 32.8 Å². The third-order valence-electron chi connectivity index (χ3n) is 5.61. The van der Waals surface area contributed by atoms with E-state index < -0.39 is 0 Å². The summed E-state index contributed by atoms with van der Waals surface area (Å²) in [4.78, 5) is 5.82. The minimum Gasteiger partial charge on any atom is -0.494 e. The lowest BCUT2D eigenvalue weighted by Crippen LogP contribution is -2.49. The van der Waals surface area contributed by atoms with Crippen LogP contribution in [0.2, 0.25) is 0 Å². The van der Waals surface area contributed by atoms with Crippen molar-refractivity contribution in [2.45, 2.75) is 13.0 Å². The second kappa shape index (κ2) is 9.88. The Kier molecular flexibility index (Phi) is 6.77. The van der Waals surface area contributed by atoms with Gasteiger partial charge in [0.1, 0.15) is 10.7 Å². The van der Waals surface area contributed by atoms with Crippen molar-refractivity contribution in [3.8, 4) is 5.75 Å². The quantitative estimate of drug-likeness (QED) is 0.515. The molecule has 0 atom stereocenters. The van der Waals surface area contributed by atoms with Gasteiger partial charge in [-0.2, -0.15) is 0 Å². The van der Waals surface area contributed by atoms with Crippen molar-refractivity contribution in [1.82, 2.24) is 9.80 Å². The Morgan fingerprint density at radius 2 is 1.33 bits per heavy atom. The van der Waals surface area contributed by atoms with Crippen LogP contribution in [0.1, 0.15) is 29.7 Å².